The predicted octanol–water partition coefficient (Wildman–Crippen LogP) is 1.20. The van der Waals surface area contributed by atoms with Crippen molar-refractivity contribution in [1.29, 1.82) is 0 Å². The molecule has 0 amide bonds. The molecule has 1 rings (SSSR count). The van der Waals surface area contributed by atoms with Crippen LogP contribution in [0, 0.1) is 0 Å². The lowest BCUT2D eigenvalue weighted by atomic mass is 10.2. The van der Waals surface area contributed by atoms with Crippen LogP contribution in [0.5, 0.6) is 5.75 Å². The summed E-state index contributed by atoms with van der Waals surface area (Å²) in [5.41, 5.74) is -0.322. The number of ether oxygens (including phenoxy) is 1. The van der Waals surface area contributed by atoms with E-state index in [1.165, 1.54) is 7.11 Å². The fraction of sp³-hybridized carbons (Fsp3) is 0.364. The Labute approximate surface area is 115 Å². The summed E-state index contributed by atoms with van der Waals surface area (Å²) in [6.07, 6.45) is 0.0421. The smallest absolute Gasteiger partial charge is 0.339 e. The van der Waals surface area contributed by atoms with Crippen LogP contribution in [-0.4, -0.2) is 44.1 Å². The largest absolute Gasteiger partial charge is 0.494 e. The lowest BCUT2D eigenvalue weighted by molar-refractivity contribution is 0.0693. The zero-order valence-electron chi connectivity index (χ0n) is 10.1. The van der Waals surface area contributed by atoms with Gasteiger partial charge in [-0.15, -0.1) is 0 Å². The Balaban J connectivity index is 3.46. The van der Waals surface area contributed by atoms with E-state index in [0.29, 0.717) is 0 Å². The summed E-state index contributed by atoms with van der Waals surface area (Å²) < 4.78 is 29.0. The van der Waals surface area contributed by atoms with Crippen molar-refractivity contribution in [3.05, 3.63) is 22.7 Å². The van der Waals surface area contributed by atoms with Crippen molar-refractivity contribution in [1.82, 2.24) is 0 Å². The van der Waals surface area contributed by atoms with E-state index in [2.05, 4.69) is 0 Å². The molecule has 8 heteroatoms. The van der Waals surface area contributed by atoms with Crippen molar-refractivity contribution in [2.45, 2.75) is 11.3 Å². The number of aromatic carboxylic acids is 1. The predicted molar refractivity (Wildman–Crippen MR) is 68.7 cm³/mol. The van der Waals surface area contributed by atoms with Gasteiger partial charge in [-0.3, -0.25) is 0 Å². The van der Waals surface area contributed by atoms with Gasteiger partial charge in [-0.1, -0.05) is 11.6 Å². The molecule has 0 aliphatic carbocycles. The second kappa shape index (κ2) is 6.23. The molecule has 0 aromatic heterocycles. The van der Waals surface area contributed by atoms with E-state index in [1.54, 1.807) is 0 Å². The minimum Gasteiger partial charge on any atom is -0.494 e. The number of sulfone groups is 1. The maximum Gasteiger partial charge on any atom is 0.339 e. The van der Waals surface area contributed by atoms with Gasteiger partial charge in [0.1, 0.15) is 10.5 Å². The summed E-state index contributed by atoms with van der Waals surface area (Å²) in [6.45, 7) is -0.284. The van der Waals surface area contributed by atoms with Gasteiger partial charge in [0.05, 0.1) is 12.9 Å². The van der Waals surface area contributed by atoms with Gasteiger partial charge in [-0.2, -0.15) is 0 Å². The molecule has 0 fully saturated rings. The number of aliphatic hydroxyl groups is 1. The average Bonchev–Trinajstić information content (AvgIpc) is 2.35. The summed E-state index contributed by atoms with van der Waals surface area (Å²) >= 11 is 5.73. The third kappa shape index (κ3) is 3.59. The van der Waals surface area contributed by atoms with Crippen molar-refractivity contribution >= 4 is 27.4 Å². The van der Waals surface area contributed by atoms with E-state index < -0.39 is 15.8 Å². The highest BCUT2D eigenvalue weighted by Gasteiger charge is 2.25. The molecule has 0 spiro atoms. The Kier molecular flexibility index (Phi) is 5.16. The van der Waals surface area contributed by atoms with Gasteiger partial charge in [-0.25, -0.2) is 13.2 Å². The number of carbonyl (C=O) groups is 1. The average molecular weight is 309 g/mol. The van der Waals surface area contributed by atoms with Crippen molar-refractivity contribution in [3.63, 3.8) is 0 Å². The fourth-order valence-corrected chi connectivity index (χ4v) is 3.33. The third-order valence-corrected chi connectivity index (χ3v) is 4.38. The maximum absolute atomic E-state index is 12.1. The van der Waals surface area contributed by atoms with E-state index in [-0.39, 0.29) is 40.0 Å². The van der Waals surface area contributed by atoms with Crippen LogP contribution in [0.25, 0.3) is 0 Å². The number of methoxy groups -OCH3 is 1. The van der Waals surface area contributed by atoms with Crippen molar-refractivity contribution in [3.8, 4) is 5.75 Å². The molecule has 0 heterocycles. The molecule has 106 valence electrons. The Bertz CT molecular complexity index is 581. The lowest BCUT2D eigenvalue weighted by Gasteiger charge is -2.12. The van der Waals surface area contributed by atoms with Gasteiger partial charge >= 0.3 is 5.97 Å². The standard InChI is InChI=1S/C11H13ClO6S/c1-18-10-8(11(14)15)5-7(12)6-9(10)19(16,17)4-2-3-13/h5-6,13H,2-4H2,1H3,(H,14,15). The minimum absolute atomic E-state index is 0.0132. The van der Waals surface area contributed by atoms with Gasteiger partial charge < -0.3 is 14.9 Å². The molecular formula is C11H13ClO6S. The van der Waals surface area contributed by atoms with Crippen LogP contribution in [0.2, 0.25) is 5.02 Å². The second-order valence-corrected chi connectivity index (χ2v) is 6.20. The molecule has 1 aromatic rings. The molecule has 6 nitrogen and oxygen atoms in total. The SMILES string of the molecule is COc1c(C(=O)O)cc(Cl)cc1S(=O)(=O)CCCO. The number of carboxylic acid groups (broad SMARTS) is 1. The maximum atomic E-state index is 12.1. The molecule has 0 bridgehead atoms. The second-order valence-electron chi connectivity index (χ2n) is 3.69. The van der Waals surface area contributed by atoms with Crippen LogP contribution in [0.4, 0.5) is 0 Å². The monoisotopic (exact) mass is 308 g/mol. The van der Waals surface area contributed by atoms with Crippen LogP contribution in [-0.2, 0) is 9.84 Å². The van der Waals surface area contributed by atoms with Gasteiger partial charge in [0.15, 0.2) is 15.6 Å². The van der Waals surface area contributed by atoms with E-state index in [1.807, 2.05) is 0 Å². The Morgan fingerprint density at radius 2 is 2.05 bits per heavy atom. The third-order valence-electron chi connectivity index (χ3n) is 2.36. The number of aliphatic hydroxyl groups excluding tert-OH is 1. The highest BCUT2D eigenvalue weighted by atomic mass is 35.5. The molecule has 19 heavy (non-hydrogen) atoms. The number of hydrogen-bond acceptors (Lipinski definition) is 5. The molecule has 0 atom stereocenters. The summed E-state index contributed by atoms with van der Waals surface area (Å²) in [5.74, 6) is -1.91. The molecule has 0 aliphatic rings. The molecule has 2 N–H and O–H groups in total. The van der Waals surface area contributed by atoms with E-state index in [9.17, 15) is 13.2 Å². The lowest BCUT2D eigenvalue weighted by Crippen LogP contribution is -2.12. The zero-order valence-corrected chi connectivity index (χ0v) is 11.7. The highest BCUT2D eigenvalue weighted by Crippen LogP contribution is 2.32. The first-order valence-corrected chi connectivity index (χ1v) is 7.31. The van der Waals surface area contributed by atoms with Crippen LogP contribution in [0.3, 0.4) is 0 Å². The quantitative estimate of drug-likeness (QED) is 0.819. The van der Waals surface area contributed by atoms with Crippen LogP contribution < -0.4 is 4.74 Å². The van der Waals surface area contributed by atoms with Crippen LogP contribution in [0.1, 0.15) is 16.8 Å². The summed E-state index contributed by atoms with van der Waals surface area (Å²) in [6, 6.07) is 2.26. The number of hydrogen-bond donors (Lipinski definition) is 2. The summed E-state index contributed by atoms with van der Waals surface area (Å²) in [7, 11) is -2.60. The van der Waals surface area contributed by atoms with Gasteiger partial charge in [0.2, 0.25) is 0 Å². The topological polar surface area (TPSA) is 101 Å². The van der Waals surface area contributed by atoms with Crippen molar-refractivity contribution in [2.24, 2.45) is 0 Å². The van der Waals surface area contributed by atoms with Gasteiger partial charge in [0, 0.05) is 11.6 Å². The van der Waals surface area contributed by atoms with E-state index in [0.717, 1.165) is 12.1 Å². The minimum atomic E-state index is -3.78. The van der Waals surface area contributed by atoms with E-state index >= 15 is 0 Å². The number of benzene rings is 1. The number of halogens is 1. The van der Waals surface area contributed by atoms with E-state index in [4.69, 9.17) is 26.6 Å². The molecule has 0 unspecified atom stereocenters. The first kappa shape index (κ1) is 15.7. The molecule has 1 aromatic carbocycles. The van der Waals surface area contributed by atoms with Crippen LogP contribution >= 0.6 is 11.6 Å². The number of rotatable bonds is 6. The van der Waals surface area contributed by atoms with Crippen LogP contribution in [0.15, 0.2) is 17.0 Å². The molecular weight excluding hydrogens is 296 g/mol. The van der Waals surface area contributed by atoms with Crippen molar-refractivity contribution < 1.29 is 28.2 Å². The first-order chi connectivity index (χ1) is 8.83. The molecule has 0 radical (unpaired) electrons. The van der Waals surface area contributed by atoms with Gasteiger partial charge in [0.25, 0.3) is 0 Å². The summed E-state index contributed by atoms with van der Waals surface area (Å²) in [4.78, 5) is 10.8. The Morgan fingerprint density at radius 3 is 2.53 bits per heavy atom. The molecule has 0 saturated carbocycles. The fourth-order valence-electron chi connectivity index (χ4n) is 1.53. The molecule has 0 aliphatic heterocycles. The highest BCUT2D eigenvalue weighted by molar-refractivity contribution is 7.91. The zero-order chi connectivity index (χ0) is 14.6. The van der Waals surface area contributed by atoms with Gasteiger partial charge in [-0.05, 0) is 18.6 Å². The Hall–Kier alpha value is -1.31. The van der Waals surface area contributed by atoms with Crippen molar-refractivity contribution in [2.75, 3.05) is 19.5 Å². The molecule has 0 saturated heterocycles. The summed E-state index contributed by atoms with van der Waals surface area (Å²) in [5, 5.41) is 17.7. The number of carboxylic acids is 1. The normalized spacial score (nSPS) is 11.3. The first-order valence-electron chi connectivity index (χ1n) is 5.28. The Morgan fingerprint density at radius 1 is 1.42 bits per heavy atom.